The number of likely N-dealkylation sites (tertiary alicyclic amines) is 1. The largest absolute Gasteiger partial charge is 0.317 e. The Bertz CT molecular complexity index is 114. The average molecular weight is 156 g/mol. The summed E-state index contributed by atoms with van der Waals surface area (Å²) in [4.78, 5) is 2.43. The summed E-state index contributed by atoms with van der Waals surface area (Å²) in [5.41, 5.74) is 0. The van der Waals surface area contributed by atoms with Crippen molar-refractivity contribution in [1.82, 2.24) is 10.2 Å². The minimum absolute atomic E-state index is 0.678. The van der Waals surface area contributed by atoms with Gasteiger partial charge in [-0.25, -0.2) is 0 Å². The third-order valence-electron chi connectivity index (χ3n) is 2.82. The van der Waals surface area contributed by atoms with Crippen LogP contribution in [0.2, 0.25) is 0 Å². The Kier molecular flexibility index (Phi) is 3.34. The third kappa shape index (κ3) is 2.46. The molecule has 1 aliphatic heterocycles. The molecule has 0 aromatic carbocycles. The normalized spacial score (nSPS) is 30.3. The lowest BCUT2D eigenvalue weighted by Crippen LogP contribution is -2.41. The van der Waals surface area contributed by atoms with Gasteiger partial charge in [0, 0.05) is 12.6 Å². The Hall–Kier alpha value is -0.0800. The van der Waals surface area contributed by atoms with Crippen molar-refractivity contribution in [3.05, 3.63) is 0 Å². The number of nitrogens with zero attached hydrogens (tertiary/aromatic N) is 1. The average Bonchev–Trinajstić information content (AvgIpc) is 2.03. The second-order valence-corrected chi connectivity index (χ2v) is 3.74. The molecular formula is C9H20N2. The standard InChI is InChI=1S/C9H20N2/c1-8(10-2)9-5-4-6-11(3)7-9/h8-10H,4-7H2,1-3H3. The first kappa shape index (κ1) is 9.01. The molecular weight excluding hydrogens is 136 g/mol. The van der Waals surface area contributed by atoms with Gasteiger partial charge in [-0.05, 0) is 46.3 Å². The van der Waals surface area contributed by atoms with E-state index in [0.29, 0.717) is 6.04 Å². The first-order chi connectivity index (χ1) is 5.24. The van der Waals surface area contributed by atoms with Gasteiger partial charge in [0.15, 0.2) is 0 Å². The van der Waals surface area contributed by atoms with E-state index >= 15 is 0 Å². The lowest BCUT2D eigenvalue weighted by Gasteiger charge is -2.33. The molecule has 1 saturated heterocycles. The highest BCUT2D eigenvalue weighted by Crippen LogP contribution is 2.17. The fraction of sp³-hybridized carbons (Fsp3) is 1.00. The molecule has 0 aliphatic carbocycles. The van der Waals surface area contributed by atoms with E-state index < -0.39 is 0 Å². The summed E-state index contributed by atoms with van der Waals surface area (Å²) in [5.74, 6) is 0.860. The maximum Gasteiger partial charge on any atom is 0.00762 e. The van der Waals surface area contributed by atoms with Crippen molar-refractivity contribution in [2.75, 3.05) is 27.2 Å². The predicted molar refractivity (Wildman–Crippen MR) is 48.7 cm³/mol. The molecule has 2 heteroatoms. The van der Waals surface area contributed by atoms with E-state index in [0.717, 1.165) is 5.92 Å². The Morgan fingerprint density at radius 2 is 2.27 bits per heavy atom. The minimum Gasteiger partial charge on any atom is -0.317 e. The summed E-state index contributed by atoms with van der Waals surface area (Å²) in [6.07, 6.45) is 2.76. The minimum atomic E-state index is 0.678. The Morgan fingerprint density at radius 3 is 2.82 bits per heavy atom. The van der Waals surface area contributed by atoms with Crippen molar-refractivity contribution in [1.29, 1.82) is 0 Å². The fourth-order valence-corrected chi connectivity index (χ4v) is 1.85. The second kappa shape index (κ2) is 4.07. The molecule has 0 aromatic rings. The summed E-state index contributed by atoms with van der Waals surface area (Å²) in [6.45, 7) is 4.83. The molecule has 0 radical (unpaired) electrons. The van der Waals surface area contributed by atoms with Crippen LogP contribution in [0.3, 0.4) is 0 Å². The topological polar surface area (TPSA) is 15.3 Å². The quantitative estimate of drug-likeness (QED) is 0.640. The smallest absolute Gasteiger partial charge is 0.00762 e. The molecule has 11 heavy (non-hydrogen) atoms. The molecule has 66 valence electrons. The van der Waals surface area contributed by atoms with E-state index in [1.807, 2.05) is 0 Å². The van der Waals surface area contributed by atoms with E-state index in [2.05, 4.69) is 31.2 Å². The highest BCUT2D eigenvalue weighted by Gasteiger charge is 2.21. The second-order valence-electron chi connectivity index (χ2n) is 3.74. The summed E-state index contributed by atoms with van der Waals surface area (Å²) in [7, 11) is 4.27. The molecule has 1 N–H and O–H groups in total. The van der Waals surface area contributed by atoms with Gasteiger partial charge in [0.25, 0.3) is 0 Å². The summed E-state index contributed by atoms with van der Waals surface area (Å²) < 4.78 is 0. The predicted octanol–water partition coefficient (Wildman–Crippen LogP) is 0.936. The summed E-state index contributed by atoms with van der Waals surface area (Å²) in [6, 6.07) is 0.678. The van der Waals surface area contributed by atoms with Crippen LogP contribution in [0.1, 0.15) is 19.8 Å². The number of nitrogens with one attached hydrogen (secondary N) is 1. The highest BCUT2D eigenvalue weighted by molar-refractivity contribution is 4.77. The third-order valence-corrected chi connectivity index (χ3v) is 2.82. The fourth-order valence-electron chi connectivity index (χ4n) is 1.85. The van der Waals surface area contributed by atoms with Crippen molar-refractivity contribution < 1.29 is 0 Å². The van der Waals surface area contributed by atoms with Crippen LogP contribution in [0, 0.1) is 5.92 Å². The Morgan fingerprint density at radius 1 is 1.55 bits per heavy atom. The summed E-state index contributed by atoms with van der Waals surface area (Å²) >= 11 is 0. The summed E-state index contributed by atoms with van der Waals surface area (Å²) in [5, 5.41) is 3.33. The number of rotatable bonds is 2. The number of hydrogen-bond acceptors (Lipinski definition) is 2. The van der Waals surface area contributed by atoms with Crippen LogP contribution in [0.4, 0.5) is 0 Å². The molecule has 0 aromatic heterocycles. The van der Waals surface area contributed by atoms with Gasteiger partial charge in [0.05, 0.1) is 0 Å². The van der Waals surface area contributed by atoms with Gasteiger partial charge in [0.2, 0.25) is 0 Å². The van der Waals surface area contributed by atoms with Crippen LogP contribution >= 0.6 is 0 Å². The van der Waals surface area contributed by atoms with Crippen LogP contribution in [0.15, 0.2) is 0 Å². The van der Waals surface area contributed by atoms with Gasteiger partial charge in [-0.3, -0.25) is 0 Å². The van der Waals surface area contributed by atoms with E-state index in [4.69, 9.17) is 0 Å². The highest BCUT2D eigenvalue weighted by atomic mass is 15.1. The van der Waals surface area contributed by atoms with Crippen LogP contribution < -0.4 is 5.32 Å². The van der Waals surface area contributed by atoms with Crippen LogP contribution in [0.25, 0.3) is 0 Å². The maximum absolute atomic E-state index is 3.33. The number of hydrogen-bond donors (Lipinski definition) is 1. The molecule has 2 atom stereocenters. The van der Waals surface area contributed by atoms with Crippen molar-refractivity contribution >= 4 is 0 Å². The lowest BCUT2D eigenvalue weighted by atomic mass is 9.92. The Balaban J connectivity index is 2.33. The Labute approximate surface area is 70.0 Å². The molecule has 1 fully saturated rings. The SMILES string of the molecule is CNC(C)C1CCCN(C)C1. The van der Waals surface area contributed by atoms with E-state index in [-0.39, 0.29) is 0 Å². The van der Waals surface area contributed by atoms with E-state index in [1.54, 1.807) is 0 Å². The van der Waals surface area contributed by atoms with Gasteiger partial charge in [0.1, 0.15) is 0 Å². The molecule has 0 amide bonds. The van der Waals surface area contributed by atoms with Gasteiger partial charge in [-0.1, -0.05) is 0 Å². The zero-order chi connectivity index (χ0) is 8.27. The van der Waals surface area contributed by atoms with Crippen LogP contribution in [-0.2, 0) is 0 Å². The molecule has 1 aliphatic rings. The molecule has 1 heterocycles. The van der Waals surface area contributed by atoms with Crippen molar-refractivity contribution in [2.24, 2.45) is 5.92 Å². The van der Waals surface area contributed by atoms with Gasteiger partial charge in [-0.15, -0.1) is 0 Å². The molecule has 0 saturated carbocycles. The number of piperidine rings is 1. The van der Waals surface area contributed by atoms with Crippen LogP contribution in [0.5, 0.6) is 0 Å². The molecule has 0 bridgehead atoms. The zero-order valence-electron chi connectivity index (χ0n) is 7.93. The molecule has 1 rings (SSSR count). The van der Waals surface area contributed by atoms with Crippen molar-refractivity contribution in [3.63, 3.8) is 0 Å². The van der Waals surface area contributed by atoms with Gasteiger partial charge >= 0.3 is 0 Å². The van der Waals surface area contributed by atoms with Gasteiger partial charge in [-0.2, -0.15) is 0 Å². The first-order valence-electron chi connectivity index (χ1n) is 4.60. The van der Waals surface area contributed by atoms with Crippen molar-refractivity contribution in [3.8, 4) is 0 Å². The van der Waals surface area contributed by atoms with Crippen LogP contribution in [-0.4, -0.2) is 38.1 Å². The zero-order valence-corrected chi connectivity index (χ0v) is 7.93. The molecule has 2 nitrogen and oxygen atoms in total. The van der Waals surface area contributed by atoms with E-state index in [9.17, 15) is 0 Å². The monoisotopic (exact) mass is 156 g/mol. The molecule has 0 spiro atoms. The van der Waals surface area contributed by atoms with E-state index in [1.165, 1.54) is 25.9 Å². The first-order valence-corrected chi connectivity index (χ1v) is 4.60. The molecule has 2 unspecified atom stereocenters. The lowest BCUT2D eigenvalue weighted by molar-refractivity contribution is 0.182. The maximum atomic E-state index is 3.33. The van der Waals surface area contributed by atoms with Gasteiger partial charge < -0.3 is 10.2 Å². The van der Waals surface area contributed by atoms with Crippen molar-refractivity contribution in [2.45, 2.75) is 25.8 Å².